The summed E-state index contributed by atoms with van der Waals surface area (Å²) in [6.45, 7) is 3.78. The fraction of sp³-hybridized carbons (Fsp3) is 0.312. The van der Waals surface area contributed by atoms with Gasteiger partial charge in [0.05, 0.1) is 12.7 Å². The first-order valence-corrected chi connectivity index (χ1v) is 7.62. The number of benzene rings is 1. The summed E-state index contributed by atoms with van der Waals surface area (Å²) in [5, 5.41) is 9.53. The summed E-state index contributed by atoms with van der Waals surface area (Å²) in [5.74, 6) is -1.95. The van der Waals surface area contributed by atoms with Crippen molar-refractivity contribution < 1.29 is 19.1 Å². The lowest BCUT2D eigenvalue weighted by Gasteiger charge is -2.19. The van der Waals surface area contributed by atoms with E-state index in [0.29, 0.717) is 6.54 Å². The number of imide groups is 1. The molecule has 1 aromatic carbocycles. The van der Waals surface area contributed by atoms with Crippen LogP contribution in [0, 0.1) is 5.92 Å². The summed E-state index contributed by atoms with van der Waals surface area (Å²) in [6.07, 6.45) is 0.262. The lowest BCUT2D eigenvalue weighted by molar-refractivity contribution is -0.130. The third kappa shape index (κ3) is 5.13. The molecule has 3 N–H and O–H groups in total. The van der Waals surface area contributed by atoms with E-state index in [4.69, 9.17) is 10.5 Å². The van der Waals surface area contributed by atoms with Crippen molar-refractivity contribution in [3.63, 3.8) is 0 Å². The third-order valence-corrected chi connectivity index (χ3v) is 3.28. The molecule has 3 amide bonds. The molecule has 0 saturated heterocycles. The highest BCUT2D eigenvalue weighted by molar-refractivity contribution is 5.97. The zero-order valence-corrected chi connectivity index (χ0v) is 13.9. The van der Waals surface area contributed by atoms with Crippen molar-refractivity contribution in [1.29, 1.82) is 0 Å². The predicted octanol–water partition coefficient (Wildman–Crippen LogP) is 0.703. The Morgan fingerprint density at radius 1 is 1.24 bits per heavy atom. The van der Waals surface area contributed by atoms with Crippen LogP contribution in [0.15, 0.2) is 36.5 Å². The zero-order valence-electron chi connectivity index (χ0n) is 13.9. The van der Waals surface area contributed by atoms with Gasteiger partial charge in [-0.3, -0.25) is 10.1 Å². The Kier molecular flexibility index (Phi) is 5.83. The van der Waals surface area contributed by atoms with Gasteiger partial charge in [0.2, 0.25) is 0 Å². The van der Waals surface area contributed by atoms with Crippen molar-refractivity contribution in [2.45, 2.75) is 26.5 Å². The maximum Gasteiger partial charge on any atom is 0.361 e. The average Bonchev–Trinajstić information content (AvgIpc) is 3.00. The molecule has 0 radical (unpaired) electrons. The first-order valence-electron chi connectivity index (χ1n) is 7.62. The van der Waals surface area contributed by atoms with E-state index in [-0.39, 0.29) is 11.6 Å². The van der Waals surface area contributed by atoms with Crippen molar-refractivity contribution in [2.75, 3.05) is 0 Å². The van der Waals surface area contributed by atoms with E-state index >= 15 is 0 Å². The van der Waals surface area contributed by atoms with E-state index in [2.05, 4.69) is 10.3 Å². The normalized spacial score (nSPS) is 11.8. The van der Waals surface area contributed by atoms with Crippen LogP contribution >= 0.6 is 0 Å². The quantitative estimate of drug-likeness (QED) is 0.742. The van der Waals surface area contributed by atoms with Gasteiger partial charge < -0.3 is 10.5 Å². The number of urea groups is 1. The number of nitrogens with zero attached hydrogens (tertiary/aromatic N) is 3. The number of hydrogen-bond acceptors (Lipinski definition) is 6. The second-order valence-electron chi connectivity index (χ2n) is 5.71. The van der Waals surface area contributed by atoms with Crippen molar-refractivity contribution in [3.05, 3.63) is 47.8 Å². The van der Waals surface area contributed by atoms with Crippen LogP contribution < -0.4 is 11.1 Å². The minimum absolute atomic E-state index is 0.0338. The number of ether oxygens (including phenoxy) is 1. The topological polar surface area (TPSA) is 129 Å². The van der Waals surface area contributed by atoms with Crippen LogP contribution in [-0.4, -0.2) is 39.0 Å². The fourth-order valence-corrected chi connectivity index (χ4v) is 2.10. The monoisotopic (exact) mass is 345 g/mol. The molecule has 0 saturated carbocycles. The molecule has 132 valence electrons. The van der Waals surface area contributed by atoms with Gasteiger partial charge in [0.1, 0.15) is 0 Å². The average molecular weight is 345 g/mol. The Bertz CT molecular complexity index is 757. The molecule has 0 spiro atoms. The molecule has 9 heteroatoms. The molecule has 0 aliphatic carbocycles. The van der Waals surface area contributed by atoms with Crippen LogP contribution in [0.1, 0.15) is 29.9 Å². The van der Waals surface area contributed by atoms with Crippen LogP contribution in [0.5, 0.6) is 0 Å². The van der Waals surface area contributed by atoms with Crippen LogP contribution in [0.4, 0.5) is 4.79 Å². The lowest BCUT2D eigenvalue weighted by atomic mass is 10.1. The molecule has 9 nitrogen and oxygen atoms in total. The number of carbonyl (C=O) groups excluding carboxylic acids is 3. The minimum Gasteiger partial charge on any atom is -0.447 e. The Balaban J connectivity index is 2.04. The number of aromatic nitrogens is 3. The predicted molar refractivity (Wildman–Crippen MR) is 87.3 cm³/mol. The van der Waals surface area contributed by atoms with Gasteiger partial charge in [-0.1, -0.05) is 49.4 Å². The number of hydrogen-bond donors (Lipinski definition) is 2. The highest BCUT2D eigenvalue weighted by Gasteiger charge is 2.28. The molecular weight excluding hydrogens is 326 g/mol. The molecule has 2 aromatic rings. The number of rotatable bonds is 6. The van der Waals surface area contributed by atoms with Crippen molar-refractivity contribution >= 4 is 17.9 Å². The van der Waals surface area contributed by atoms with Crippen molar-refractivity contribution in [3.8, 4) is 0 Å². The maximum absolute atomic E-state index is 12.2. The first-order chi connectivity index (χ1) is 11.9. The molecule has 1 atom stereocenters. The Labute approximate surface area is 144 Å². The fourth-order valence-electron chi connectivity index (χ4n) is 2.10. The Morgan fingerprint density at radius 3 is 2.52 bits per heavy atom. The van der Waals surface area contributed by atoms with Crippen LogP contribution in [0.3, 0.4) is 0 Å². The summed E-state index contributed by atoms with van der Waals surface area (Å²) in [5.41, 5.74) is 5.87. The molecule has 1 aromatic heterocycles. The van der Waals surface area contributed by atoms with Gasteiger partial charge in [0.15, 0.2) is 11.8 Å². The van der Waals surface area contributed by atoms with Gasteiger partial charge in [-0.2, -0.15) is 0 Å². The van der Waals surface area contributed by atoms with E-state index in [1.54, 1.807) is 13.8 Å². The number of amides is 3. The standard InChI is InChI=1S/C16H19N5O4/c1-10(2)13(14(22)18-16(17)24)25-15(23)12-9-21(20-19-12)8-11-6-4-3-5-7-11/h3-7,9-10,13H,8H2,1-2H3,(H3,17,18,22,24). The van der Waals surface area contributed by atoms with Gasteiger partial charge >= 0.3 is 12.0 Å². The second-order valence-corrected chi connectivity index (χ2v) is 5.71. The van der Waals surface area contributed by atoms with E-state index in [0.717, 1.165) is 5.56 Å². The molecule has 0 bridgehead atoms. The lowest BCUT2D eigenvalue weighted by Crippen LogP contribution is -2.45. The summed E-state index contributed by atoms with van der Waals surface area (Å²) in [7, 11) is 0. The molecule has 1 heterocycles. The first kappa shape index (κ1) is 18.1. The molecule has 25 heavy (non-hydrogen) atoms. The maximum atomic E-state index is 12.2. The molecule has 0 aliphatic rings. The smallest absolute Gasteiger partial charge is 0.361 e. The van der Waals surface area contributed by atoms with E-state index in [1.807, 2.05) is 35.6 Å². The third-order valence-electron chi connectivity index (χ3n) is 3.28. The Hall–Kier alpha value is -3.23. The van der Waals surface area contributed by atoms with Crippen LogP contribution in [0.2, 0.25) is 0 Å². The highest BCUT2D eigenvalue weighted by Crippen LogP contribution is 2.10. The molecule has 0 aliphatic heterocycles. The molecule has 2 rings (SSSR count). The van der Waals surface area contributed by atoms with E-state index in [1.165, 1.54) is 10.9 Å². The summed E-state index contributed by atoms with van der Waals surface area (Å²) in [6, 6.07) is 8.51. The van der Waals surface area contributed by atoms with Crippen LogP contribution in [-0.2, 0) is 16.1 Å². The largest absolute Gasteiger partial charge is 0.447 e. The van der Waals surface area contributed by atoms with Gasteiger partial charge in [-0.25, -0.2) is 14.3 Å². The van der Waals surface area contributed by atoms with Gasteiger partial charge in [-0.05, 0) is 11.5 Å². The number of primary amides is 1. The van der Waals surface area contributed by atoms with Crippen molar-refractivity contribution in [2.24, 2.45) is 11.7 Å². The number of carbonyl (C=O) groups is 3. The minimum atomic E-state index is -1.17. The van der Waals surface area contributed by atoms with Gasteiger partial charge in [0, 0.05) is 0 Å². The summed E-state index contributed by atoms with van der Waals surface area (Å²) < 4.78 is 6.64. The molecule has 0 fully saturated rings. The molecular formula is C16H19N5O4. The summed E-state index contributed by atoms with van der Waals surface area (Å²) in [4.78, 5) is 34.9. The molecule has 1 unspecified atom stereocenters. The number of nitrogens with one attached hydrogen (secondary N) is 1. The van der Waals surface area contributed by atoms with Crippen molar-refractivity contribution in [1.82, 2.24) is 20.3 Å². The highest BCUT2D eigenvalue weighted by atomic mass is 16.5. The van der Waals surface area contributed by atoms with Gasteiger partial charge in [0.25, 0.3) is 5.91 Å². The summed E-state index contributed by atoms with van der Waals surface area (Å²) >= 11 is 0. The second kappa shape index (κ2) is 8.04. The van der Waals surface area contributed by atoms with E-state index in [9.17, 15) is 14.4 Å². The van der Waals surface area contributed by atoms with E-state index < -0.39 is 24.0 Å². The number of nitrogens with two attached hydrogens (primary N) is 1. The zero-order chi connectivity index (χ0) is 18.4. The number of esters is 1. The van der Waals surface area contributed by atoms with Gasteiger partial charge in [-0.15, -0.1) is 5.10 Å². The SMILES string of the molecule is CC(C)C(OC(=O)c1cn(Cc2ccccc2)nn1)C(=O)NC(N)=O. The van der Waals surface area contributed by atoms with Crippen LogP contribution in [0.25, 0.3) is 0 Å². The Morgan fingerprint density at radius 2 is 1.92 bits per heavy atom.